The molecular weight excluding hydrogens is 167 g/mol. The molecule has 70 valence electrons. The van der Waals surface area contributed by atoms with Gasteiger partial charge in [-0.25, -0.2) is 9.97 Å². The molecule has 0 aliphatic carbocycles. The van der Waals surface area contributed by atoms with E-state index in [4.69, 9.17) is 10.0 Å². The molecule has 1 heterocycles. The summed E-state index contributed by atoms with van der Waals surface area (Å²) in [6.45, 7) is 4.16. The molecule has 0 aliphatic heterocycles. The molecule has 5 heteroatoms. The average Bonchev–Trinajstić information content (AvgIpc) is 2.04. The Labute approximate surface area is 77.8 Å². The molecule has 0 spiro atoms. The Morgan fingerprint density at radius 1 is 1.31 bits per heavy atom. The molecular formula is C8H13BN2O2. The van der Waals surface area contributed by atoms with Crippen molar-refractivity contribution in [2.45, 2.75) is 20.3 Å². The second kappa shape index (κ2) is 4.34. The monoisotopic (exact) mass is 180 g/mol. The van der Waals surface area contributed by atoms with Crippen molar-refractivity contribution in [3.63, 3.8) is 0 Å². The van der Waals surface area contributed by atoms with E-state index in [1.165, 1.54) is 12.4 Å². The number of rotatable bonds is 3. The van der Waals surface area contributed by atoms with Gasteiger partial charge in [0, 0.05) is 24.3 Å². The Bertz CT molecular complexity index is 261. The minimum Gasteiger partial charge on any atom is -0.423 e. The molecule has 1 rings (SSSR count). The van der Waals surface area contributed by atoms with Crippen LogP contribution in [-0.4, -0.2) is 27.1 Å². The lowest BCUT2D eigenvalue weighted by molar-refractivity contribution is 0.425. The van der Waals surface area contributed by atoms with Crippen LogP contribution in [0.15, 0.2) is 12.4 Å². The van der Waals surface area contributed by atoms with Gasteiger partial charge in [-0.3, -0.25) is 0 Å². The highest BCUT2D eigenvalue weighted by Gasteiger charge is 2.11. The summed E-state index contributed by atoms with van der Waals surface area (Å²) in [4.78, 5) is 8.02. The molecule has 2 N–H and O–H groups in total. The average molecular weight is 180 g/mol. The van der Waals surface area contributed by atoms with Crippen LogP contribution < -0.4 is 5.46 Å². The molecule has 0 aliphatic rings. The van der Waals surface area contributed by atoms with Crippen LogP contribution in [0.2, 0.25) is 0 Å². The van der Waals surface area contributed by atoms with E-state index in [0.717, 1.165) is 12.2 Å². The number of hydrogen-bond donors (Lipinski definition) is 2. The Balaban J connectivity index is 2.70. The molecule has 4 nitrogen and oxygen atoms in total. The van der Waals surface area contributed by atoms with Crippen molar-refractivity contribution in [3.05, 3.63) is 18.2 Å². The van der Waals surface area contributed by atoms with E-state index in [1.807, 2.05) is 0 Å². The van der Waals surface area contributed by atoms with Crippen molar-refractivity contribution in [3.8, 4) is 0 Å². The van der Waals surface area contributed by atoms with Gasteiger partial charge < -0.3 is 10.0 Å². The van der Waals surface area contributed by atoms with Crippen LogP contribution in [0, 0.1) is 5.92 Å². The molecule has 0 bridgehead atoms. The molecule has 13 heavy (non-hydrogen) atoms. The first-order valence-electron chi connectivity index (χ1n) is 4.26. The van der Waals surface area contributed by atoms with Crippen molar-refractivity contribution in [1.29, 1.82) is 0 Å². The van der Waals surface area contributed by atoms with Gasteiger partial charge in [0.25, 0.3) is 0 Å². The van der Waals surface area contributed by atoms with E-state index in [2.05, 4.69) is 23.8 Å². The fourth-order valence-corrected chi connectivity index (χ4v) is 0.969. The predicted molar refractivity (Wildman–Crippen MR) is 50.4 cm³/mol. The molecule has 1 aromatic rings. The van der Waals surface area contributed by atoms with Crippen LogP contribution in [0.3, 0.4) is 0 Å². The summed E-state index contributed by atoms with van der Waals surface area (Å²) in [5.74, 6) is 1.24. The third-order valence-electron chi connectivity index (χ3n) is 1.61. The first kappa shape index (κ1) is 10.1. The summed E-state index contributed by atoms with van der Waals surface area (Å²) in [6, 6.07) is 0. The maximum absolute atomic E-state index is 8.77. The summed E-state index contributed by atoms with van der Waals surface area (Å²) in [5, 5.41) is 17.5. The van der Waals surface area contributed by atoms with Crippen LogP contribution in [-0.2, 0) is 6.42 Å². The number of hydrogen-bond acceptors (Lipinski definition) is 4. The third kappa shape index (κ3) is 3.12. The normalized spacial score (nSPS) is 10.5. The Morgan fingerprint density at radius 3 is 2.23 bits per heavy atom. The van der Waals surface area contributed by atoms with Crippen LogP contribution in [0.25, 0.3) is 0 Å². The smallest absolute Gasteiger partial charge is 0.423 e. The molecule has 1 aromatic heterocycles. The first-order chi connectivity index (χ1) is 6.09. The van der Waals surface area contributed by atoms with Crippen LogP contribution in [0.5, 0.6) is 0 Å². The van der Waals surface area contributed by atoms with Crippen molar-refractivity contribution < 1.29 is 10.0 Å². The van der Waals surface area contributed by atoms with Crippen molar-refractivity contribution in [2.75, 3.05) is 0 Å². The summed E-state index contributed by atoms with van der Waals surface area (Å²) < 4.78 is 0. The van der Waals surface area contributed by atoms with E-state index in [-0.39, 0.29) is 0 Å². The van der Waals surface area contributed by atoms with Gasteiger partial charge in [0.1, 0.15) is 5.82 Å². The van der Waals surface area contributed by atoms with Gasteiger partial charge >= 0.3 is 7.12 Å². The van der Waals surface area contributed by atoms with Crippen LogP contribution in [0.1, 0.15) is 19.7 Å². The third-order valence-corrected chi connectivity index (χ3v) is 1.61. The van der Waals surface area contributed by atoms with Gasteiger partial charge in [-0.2, -0.15) is 0 Å². The lowest BCUT2D eigenvalue weighted by atomic mass is 9.83. The van der Waals surface area contributed by atoms with Crippen LogP contribution in [0.4, 0.5) is 0 Å². The molecule has 0 atom stereocenters. The van der Waals surface area contributed by atoms with Gasteiger partial charge in [-0.15, -0.1) is 0 Å². The maximum atomic E-state index is 8.77. The molecule has 0 unspecified atom stereocenters. The Hall–Kier alpha value is -0.935. The van der Waals surface area contributed by atoms with Crippen molar-refractivity contribution >= 4 is 12.6 Å². The lowest BCUT2D eigenvalue weighted by Crippen LogP contribution is -2.31. The zero-order chi connectivity index (χ0) is 9.84. The minimum absolute atomic E-state index is 0.326. The van der Waals surface area contributed by atoms with E-state index >= 15 is 0 Å². The summed E-state index contributed by atoms with van der Waals surface area (Å²) in [7, 11) is -1.48. The van der Waals surface area contributed by atoms with E-state index in [9.17, 15) is 0 Å². The molecule has 0 saturated carbocycles. The molecule has 0 fully saturated rings. The fraction of sp³-hybridized carbons (Fsp3) is 0.500. The summed E-state index contributed by atoms with van der Waals surface area (Å²) in [5.41, 5.74) is 0.326. The topological polar surface area (TPSA) is 66.2 Å². The van der Waals surface area contributed by atoms with Gasteiger partial charge in [-0.1, -0.05) is 13.8 Å². The summed E-state index contributed by atoms with van der Waals surface area (Å²) in [6.07, 6.45) is 3.69. The standard InChI is InChI=1S/C8H13BN2O2/c1-6(2)3-8-10-4-7(5-11-8)9(12)13/h4-6,12-13H,3H2,1-2H3. The van der Waals surface area contributed by atoms with E-state index in [1.54, 1.807) is 0 Å². The van der Waals surface area contributed by atoms with Gasteiger partial charge in [0.2, 0.25) is 0 Å². The Kier molecular flexibility index (Phi) is 3.39. The second-order valence-corrected chi connectivity index (χ2v) is 3.40. The van der Waals surface area contributed by atoms with Gasteiger partial charge in [-0.05, 0) is 5.92 Å². The zero-order valence-electron chi connectivity index (χ0n) is 7.81. The van der Waals surface area contributed by atoms with E-state index in [0.29, 0.717) is 11.4 Å². The molecule has 0 saturated heterocycles. The molecule has 0 aromatic carbocycles. The molecule has 0 radical (unpaired) electrons. The minimum atomic E-state index is -1.48. The second-order valence-electron chi connectivity index (χ2n) is 3.40. The number of nitrogens with zero attached hydrogens (tertiary/aromatic N) is 2. The SMILES string of the molecule is CC(C)Cc1ncc(B(O)O)cn1. The first-order valence-corrected chi connectivity index (χ1v) is 4.26. The Morgan fingerprint density at radius 2 is 1.85 bits per heavy atom. The highest BCUT2D eigenvalue weighted by atomic mass is 16.4. The highest BCUT2D eigenvalue weighted by Crippen LogP contribution is 1.99. The lowest BCUT2D eigenvalue weighted by Gasteiger charge is -2.03. The predicted octanol–water partition coefficient (Wildman–Crippen LogP) is -0.645. The summed E-state index contributed by atoms with van der Waals surface area (Å²) >= 11 is 0. The van der Waals surface area contributed by atoms with Crippen LogP contribution >= 0.6 is 0 Å². The fourth-order valence-electron chi connectivity index (χ4n) is 0.969. The zero-order valence-corrected chi connectivity index (χ0v) is 7.81. The quantitative estimate of drug-likeness (QED) is 0.607. The van der Waals surface area contributed by atoms with E-state index < -0.39 is 7.12 Å². The van der Waals surface area contributed by atoms with Gasteiger partial charge in [0.15, 0.2) is 0 Å². The highest BCUT2D eigenvalue weighted by molar-refractivity contribution is 6.58. The number of aromatic nitrogens is 2. The largest absolute Gasteiger partial charge is 0.491 e. The maximum Gasteiger partial charge on any atom is 0.491 e. The van der Waals surface area contributed by atoms with Gasteiger partial charge in [0.05, 0.1) is 0 Å². The van der Waals surface area contributed by atoms with Crippen molar-refractivity contribution in [1.82, 2.24) is 9.97 Å². The van der Waals surface area contributed by atoms with Crippen molar-refractivity contribution in [2.24, 2.45) is 5.92 Å². The molecule has 0 amide bonds.